The van der Waals surface area contributed by atoms with Crippen molar-refractivity contribution in [2.75, 3.05) is 0 Å². The molecule has 2 rings (SSSR count). The lowest BCUT2D eigenvalue weighted by Crippen LogP contribution is -2.18. The van der Waals surface area contributed by atoms with Crippen molar-refractivity contribution in [1.82, 2.24) is 4.57 Å². The van der Waals surface area contributed by atoms with Gasteiger partial charge in [-0.3, -0.25) is 4.79 Å². The fourth-order valence-corrected chi connectivity index (χ4v) is 2.13. The summed E-state index contributed by atoms with van der Waals surface area (Å²) < 4.78 is 1.68. The summed E-state index contributed by atoms with van der Waals surface area (Å²) in [5.41, 5.74) is 2.02. The summed E-state index contributed by atoms with van der Waals surface area (Å²) in [7, 11) is 1.74. The van der Waals surface area contributed by atoms with E-state index in [4.69, 9.17) is 5.11 Å². The van der Waals surface area contributed by atoms with Crippen molar-refractivity contribution in [2.45, 2.75) is 13.8 Å². The quantitative estimate of drug-likeness (QED) is 0.814. The highest BCUT2D eigenvalue weighted by Crippen LogP contribution is 2.17. The van der Waals surface area contributed by atoms with Crippen LogP contribution < -0.4 is 5.43 Å². The fourth-order valence-electron chi connectivity index (χ4n) is 2.13. The molecule has 0 unspecified atom stereocenters. The normalized spacial score (nSPS) is 10.8. The maximum Gasteiger partial charge on any atom is 0.341 e. The number of hydrogen-bond donors (Lipinski definition) is 1. The number of hydrogen-bond acceptors (Lipinski definition) is 2. The Morgan fingerprint density at radius 1 is 1.29 bits per heavy atom. The SMILES string of the molecule is Cc1cc(C)c2c(=O)c(C(=O)O)cn(C)c2c1. The van der Waals surface area contributed by atoms with Crippen molar-refractivity contribution in [2.24, 2.45) is 7.05 Å². The van der Waals surface area contributed by atoms with E-state index in [9.17, 15) is 9.59 Å². The Morgan fingerprint density at radius 3 is 2.53 bits per heavy atom. The molecule has 1 aromatic heterocycles. The van der Waals surface area contributed by atoms with Crippen LogP contribution in [0.4, 0.5) is 0 Å². The molecule has 0 amide bonds. The lowest BCUT2D eigenvalue weighted by atomic mass is 10.0. The Balaban J connectivity index is 3.05. The number of carboxylic acids is 1. The number of benzene rings is 1. The zero-order valence-electron chi connectivity index (χ0n) is 9.94. The zero-order chi connectivity index (χ0) is 12.7. The molecule has 0 saturated heterocycles. The zero-order valence-corrected chi connectivity index (χ0v) is 9.94. The summed E-state index contributed by atoms with van der Waals surface area (Å²) in [6.07, 6.45) is 1.37. The smallest absolute Gasteiger partial charge is 0.341 e. The molecule has 0 atom stereocenters. The third-order valence-electron chi connectivity index (χ3n) is 2.86. The van der Waals surface area contributed by atoms with E-state index in [1.807, 2.05) is 26.0 Å². The molecule has 0 bridgehead atoms. The van der Waals surface area contributed by atoms with E-state index in [-0.39, 0.29) is 5.56 Å². The highest BCUT2D eigenvalue weighted by molar-refractivity contribution is 5.93. The third-order valence-corrected chi connectivity index (χ3v) is 2.86. The Kier molecular flexibility index (Phi) is 2.50. The van der Waals surface area contributed by atoms with Crippen LogP contribution in [0.3, 0.4) is 0 Å². The number of aromatic nitrogens is 1. The van der Waals surface area contributed by atoms with Gasteiger partial charge in [0.2, 0.25) is 5.43 Å². The van der Waals surface area contributed by atoms with Gasteiger partial charge in [-0.25, -0.2) is 4.79 Å². The largest absolute Gasteiger partial charge is 0.477 e. The van der Waals surface area contributed by atoms with E-state index in [1.165, 1.54) is 6.20 Å². The number of carboxylic acid groups (broad SMARTS) is 1. The van der Waals surface area contributed by atoms with Crippen molar-refractivity contribution in [1.29, 1.82) is 0 Å². The topological polar surface area (TPSA) is 59.3 Å². The van der Waals surface area contributed by atoms with E-state index in [1.54, 1.807) is 11.6 Å². The van der Waals surface area contributed by atoms with Gasteiger partial charge in [-0.15, -0.1) is 0 Å². The van der Waals surface area contributed by atoms with Crippen LogP contribution >= 0.6 is 0 Å². The van der Waals surface area contributed by atoms with Crippen LogP contribution in [0.15, 0.2) is 23.1 Å². The summed E-state index contributed by atoms with van der Waals surface area (Å²) in [6.45, 7) is 3.77. The van der Waals surface area contributed by atoms with Crippen LogP contribution in [-0.2, 0) is 7.05 Å². The Morgan fingerprint density at radius 2 is 1.94 bits per heavy atom. The number of pyridine rings is 1. The monoisotopic (exact) mass is 231 g/mol. The van der Waals surface area contributed by atoms with Gasteiger partial charge in [0, 0.05) is 18.6 Å². The molecule has 0 aliphatic rings. The molecular formula is C13H13NO3. The van der Waals surface area contributed by atoms with Crippen LogP contribution in [0.5, 0.6) is 0 Å². The van der Waals surface area contributed by atoms with Gasteiger partial charge in [-0.1, -0.05) is 6.07 Å². The van der Waals surface area contributed by atoms with Crippen LogP contribution in [0.25, 0.3) is 10.9 Å². The average Bonchev–Trinajstić information content (AvgIpc) is 2.21. The van der Waals surface area contributed by atoms with Gasteiger partial charge in [0.15, 0.2) is 0 Å². The molecular weight excluding hydrogens is 218 g/mol. The molecule has 0 aliphatic heterocycles. The number of aromatic carboxylic acids is 1. The van der Waals surface area contributed by atoms with Crippen molar-refractivity contribution in [3.63, 3.8) is 0 Å². The minimum absolute atomic E-state index is 0.188. The molecule has 88 valence electrons. The van der Waals surface area contributed by atoms with Gasteiger partial charge in [0.1, 0.15) is 5.56 Å². The van der Waals surface area contributed by atoms with Crippen LogP contribution in [0.1, 0.15) is 21.5 Å². The second-order valence-electron chi connectivity index (χ2n) is 4.26. The first-order valence-electron chi connectivity index (χ1n) is 5.25. The van der Waals surface area contributed by atoms with Gasteiger partial charge >= 0.3 is 5.97 Å². The van der Waals surface area contributed by atoms with E-state index < -0.39 is 11.4 Å². The van der Waals surface area contributed by atoms with Crippen LogP contribution in [-0.4, -0.2) is 15.6 Å². The molecule has 0 radical (unpaired) electrons. The molecule has 2 aromatic rings. The number of carbonyl (C=O) groups is 1. The van der Waals surface area contributed by atoms with Gasteiger partial charge in [-0.05, 0) is 31.0 Å². The Labute approximate surface area is 98.1 Å². The van der Waals surface area contributed by atoms with E-state index in [0.717, 1.165) is 16.6 Å². The van der Waals surface area contributed by atoms with E-state index in [2.05, 4.69) is 0 Å². The highest BCUT2D eigenvalue weighted by Gasteiger charge is 2.14. The predicted octanol–water partition coefficient (Wildman–Crippen LogP) is 1.85. The number of nitrogens with zero attached hydrogens (tertiary/aromatic N) is 1. The molecule has 0 spiro atoms. The fraction of sp³-hybridized carbons (Fsp3) is 0.231. The molecule has 1 aromatic carbocycles. The predicted molar refractivity (Wildman–Crippen MR) is 65.6 cm³/mol. The summed E-state index contributed by atoms with van der Waals surface area (Å²) >= 11 is 0. The maximum atomic E-state index is 12.1. The lowest BCUT2D eigenvalue weighted by molar-refractivity contribution is 0.0695. The summed E-state index contributed by atoms with van der Waals surface area (Å²) in [5, 5.41) is 9.47. The molecule has 0 aliphatic carbocycles. The molecule has 17 heavy (non-hydrogen) atoms. The lowest BCUT2D eigenvalue weighted by Gasteiger charge is -2.10. The van der Waals surface area contributed by atoms with Crippen molar-refractivity contribution >= 4 is 16.9 Å². The molecule has 1 heterocycles. The first kappa shape index (κ1) is 11.4. The summed E-state index contributed by atoms with van der Waals surface area (Å²) in [6, 6.07) is 3.77. The first-order chi connectivity index (χ1) is 7.91. The third kappa shape index (κ3) is 1.71. The number of fused-ring (bicyclic) bond motifs is 1. The number of rotatable bonds is 1. The summed E-state index contributed by atoms with van der Waals surface area (Å²) in [4.78, 5) is 23.0. The van der Waals surface area contributed by atoms with E-state index in [0.29, 0.717) is 5.39 Å². The number of aryl methyl sites for hydroxylation is 3. The van der Waals surface area contributed by atoms with Crippen molar-refractivity contribution < 1.29 is 9.90 Å². The Bertz CT molecular complexity index is 683. The molecule has 4 nitrogen and oxygen atoms in total. The van der Waals surface area contributed by atoms with Crippen molar-refractivity contribution in [3.05, 3.63) is 45.2 Å². The second-order valence-corrected chi connectivity index (χ2v) is 4.26. The average molecular weight is 231 g/mol. The molecule has 0 saturated carbocycles. The molecule has 1 N–H and O–H groups in total. The van der Waals surface area contributed by atoms with Gasteiger partial charge < -0.3 is 9.67 Å². The van der Waals surface area contributed by atoms with E-state index >= 15 is 0 Å². The summed E-state index contributed by atoms with van der Waals surface area (Å²) in [5.74, 6) is -1.19. The van der Waals surface area contributed by atoms with Crippen LogP contribution in [0.2, 0.25) is 0 Å². The maximum absolute atomic E-state index is 12.1. The minimum atomic E-state index is -1.19. The van der Waals surface area contributed by atoms with Gasteiger partial charge in [0.25, 0.3) is 0 Å². The highest BCUT2D eigenvalue weighted by atomic mass is 16.4. The van der Waals surface area contributed by atoms with Gasteiger partial charge in [-0.2, -0.15) is 0 Å². The minimum Gasteiger partial charge on any atom is -0.477 e. The second kappa shape index (κ2) is 3.73. The standard InChI is InChI=1S/C13H13NO3/c1-7-4-8(2)11-10(5-7)14(3)6-9(12(11)15)13(16)17/h4-6H,1-3H3,(H,16,17). The van der Waals surface area contributed by atoms with Gasteiger partial charge in [0.05, 0.1) is 5.52 Å². The molecule has 0 fully saturated rings. The molecule has 4 heteroatoms. The van der Waals surface area contributed by atoms with Crippen molar-refractivity contribution in [3.8, 4) is 0 Å². The van der Waals surface area contributed by atoms with Crippen LogP contribution in [0, 0.1) is 13.8 Å². The first-order valence-corrected chi connectivity index (χ1v) is 5.25. The Hall–Kier alpha value is -2.10.